The van der Waals surface area contributed by atoms with Gasteiger partial charge in [-0.2, -0.15) is 0 Å². The standard InChI is InChI=1S/C19H14N/c1-2-15(16-8-4-3-5-9-16)12-18-14-20-13-17-10-6-7-11-19(17)18/h2-11,13-14H,1H2. The Morgan fingerprint density at radius 2 is 1.70 bits per heavy atom. The molecule has 0 N–H and O–H groups in total. The van der Waals surface area contributed by atoms with E-state index < -0.39 is 0 Å². The molecular formula is C19H14N. The van der Waals surface area contributed by atoms with Crippen molar-refractivity contribution in [1.29, 1.82) is 0 Å². The minimum atomic E-state index is 0.976. The van der Waals surface area contributed by atoms with Crippen molar-refractivity contribution in [2.45, 2.75) is 0 Å². The van der Waals surface area contributed by atoms with Gasteiger partial charge in [-0.3, -0.25) is 4.98 Å². The van der Waals surface area contributed by atoms with Crippen molar-refractivity contribution in [3.8, 4) is 0 Å². The Morgan fingerprint density at radius 1 is 0.950 bits per heavy atom. The van der Waals surface area contributed by atoms with Gasteiger partial charge in [0.2, 0.25) is 0 Å². The number of rotatable bonds is 3. The van der Waals surface area contributed by atoms with E-state index in [-0.39, 0.29) is 0 Å². The summed E-state index contributed by atoms with van der Waals surface area (Å²) >= 11 is 0. The minimum absolute atomic E-state index is 0.976. The first-order chi connectivity index (χ1) is 9.88. The molecule has 0 amide bonds. The van der Waals surface area contributed by atoms with Crippen LogP contribution in [0.2, 0.25) is 0 Å². The predicted octanol–water partition coefficient (Wildman–Crippen LogP) is 4.66. The van der Waals surface area contributed by atoms with Gasteiger partial charge in [0.15, 0.2) is 0 Å². The summed E-state index contributed by atoms with van der Waals surface area (Å²) in [5.41, 5.74) is 3.07. The molecule has 3 aromatic rings. The van der Waals surface area contributed by atoms with Crippen molar-refractivity contribution in [3.05, 3.63) is 96.8 Å². The van der Waals surface area contributed by atoms with Crippen LogP contribution in [0, 0.1) is 6.08 Å². The molecule has 1 aromatic heterocycles. The van der Waals surface area contributed by atoms with E-state index in [0.717, 1.165) is 27.5 Å². The van der Waals surface area contributed by atoms with Crippen molar-refractivity contribution in [2.24, 2.45) is 0 Å². The highest BCUT2D eigenvalue weighted by Crippen LogP contribution is 2.22. The first-order valence-electron chi connectivity index (χ1n) is 6.53. The molecule has 1 radical (unpaired) electrons. The molecule has 0 saturated heterocycles. The van der Waals surface area contributed by atoms with E-state index in [9.17, 15) is 0 Å². The molecule has 1 heteroatoms. The van der Waals surface area contributed by atoms with Crippen LogP contribution in [-0.4, -0.2) is 4.98 Å². The summed E-state index contributed by atoms with van der Waals surface area (Å²) in [7, 11) is 0. The number of pyridine rings is 1. The lowest BCUT2D eigenvalue weighted by Crippen LogP contribution is -1.86. The summed E-state index contributed by atoms with van der Waals surface area (Å²) in [5, 5.41) is 2.27. The molecule has 0 saturated carbocycles. The Kier molecular flexibility index (Phi) is 3.42. The molecule has 95 valence electrons. The zero-order valence-corrected chi connectivity index (χ0v) is 11.1. The van der Waals surface area contributed by atoms with E-state index in [1.54, 1.807) is 0 Å². The van der Waals surface area contributed by atoms with Crippen molar-refractivity contribution in [1.82, 2.24) is 4.98 Å². The maximum Gasteiger partial charge on any atom is 0.0353 e. The smallest absolute Gasteiger partial charge is 0.0353 e. The van der Waals surface area contributed by atoms with E-state index >= 15 is 0 Å². The molecule has 3 rings (SSSR count). The molecule has 0 fully saturated rings. The number of benzene rings is 2. The Bertz CT molecular complexity index is 765. The molecular weight excluding hydrogens is 242 g/mol. The molecule has 2 aromatic carbocycles. The maximum absolute atomic E-state index is 4.28. The molecule has 1 heterocycles. The first kappa shape index (κ1) is 12.4. The summed E-state index contributed by atoms with van der Waals surface area (Å²) < 4.78 is 0. The van der Waals surface area contributed by atoms with Crippen LogP contribution in [0.5, 0.6) is 0 Å². The van der Waals surface area contributed by atoms with Gasteiger partial charge in [0.05, 0.1) is 0 Å². The number of hydrogen-bond acceptors (Lipinski definition) is 1. The Hall–Kier alpha value is -2.67. The van der Waals surface area contributed by atoms with Crippen LogP contribution in [0.25, 0.3) is 16.3 Å². The van der Waals surface area contributed by atoms with Gasteiger partial charge in [-0.25, -0.2) is 0 Å². The number of nitrogens with zero attached hydrogens (tertiary/aromatic N) is 1. The fraction of sp³-hybridized carbons (Fsp3) is 0. The van der Waals surface area contributed by atoms with Gasteiger partial charge < -0.3 is 0 Å². The molecule has 0 unspecified atom stereocenters. The second kappa shape index (κ2) is 5.54. The van der Waals surface area contributed by atoms with Crippen LogP contribution in [0.1, 0.15) is 11.1 Å². The molecule has 0 spiro atoms. The highest BCUT2D eigenvalue weighted by Gasteiger charge is 2.02. The fourth-order valence-electron chi connectivity index (χ4n) is 2.22. The van der Waals surface area contributed by atoms with Gasteiger partial charge in [-0.15, -0.1) is 0 Å². The molecule has 0 bridgehead atoms. The van der Waals surface area contributed by atoms with Gasteiger partial charge in [-0.1, -0.05) is 67.3 Å². The van der Waals surface area contributed by atoms with Crippen LogP contribution in [0.4, 0.5) is 0 Å². The highest BCUT2D eigenvalue weighted by atomic mass is 14.6. The minimum Gasteiger partial charge on any atom is -0.263 e. The monoisotopic (exact) mass is 256 g/mol. The van der Waals surface area contributed by atoms with Gasteiger partial charge >= 0.3 is 0 Å². The van der Waals surface area contributed by atoms with Crippen LogP contribution in [0.3, 0.4) is 0 Å². The lowest BCUT2D eigenvalue weighted by molar-refractivity contribution is 1.33. The second-order valence-corrected chi connectivity index (χ2v) is 4.52. The van der Waals surface area contributed by atoms with E-state index in [4.69, 9.17) is 0 Å². The van der Waals surface area contributed by atoms with Crippen molar-refractivity contribution < 1.29 is 0 Å². The average molecular weight is 256 g/mol. The molecule has 1 nitrogen and oxygen atoms in total. The topological polar surface area (TPSA) is 12.9 Å². The lowest BCUT2D eigenvalue weighted by atomic mass is 10.0. The normalized spacial score (nSPS) is 11.5. The number of fused-ring (bicyclic) bond motifs is 1. The lowest BCUT2D eigenvalue weighted by Gasteiger charge is -2.04. The van der Waals surface area contributed by atoms with Crippen LogP contribution < -0.4 is 0 Å². The zero-order valence-electron chi connectivity index (χ0n) is 11.1. The Labute approximate surface area is 118 Å². The molecule has 0 aliphatic heterocycles. The van der Waals surface area contributed by atoms with Crippen LogP contribution in [-0.2, 0) is 0 Å². The van der Waals surface area contributed by atoms with Gasteiger partial charge in [-0.05, 0) is 16.5 Å². The van der Waals surface area contributed by atoms with E-state index in [1.165, 1.54) is 0 Å². The number of hydrogen-bond donors (Lipinski definition) is 0. The second-order valence-electron chi connectivity index (χ2n) is 4.52. The third-order valence-corrected chi connectivity index (χ3v) is 3.23. The predicted molar refractivity (Wildman–Crippen MR) is 84.1 cm³/mol. The Balaban J connectivity index is 2.15. The SMILES string of the molecule is C=CC(=[C]c1cncc2ccccc12)c1ccccc1. The summed E-state index contributed by atoms with van der Waals surface area (Å²) in [6, 6.07) is 18.3. The molecule has 0 aliphatic carbocycles. The number of aromatic nitrogens is 1. The van der Waals surface area contributed by atoms with Crippen LogP contribution in [0.15, 0.2) is 79.6 Å². The first-order valence-corrected chi connectivity index (χ1v) is 6.53. The summed E-state index contributed by atoms with van der Waals surface area (Å²) in [6.45, 7) is 3.89. The van der Waals surface area contributed by atoms with Crippen molar-refractivity contribution >= 4 is 16.3 Å². The number of allylic oxidation sites excluding steroid dienone is 2. The van der Waals surface area contributed by atoms with Gasteiger partial charge in [0, 0.05) is 29.4 Å². The Morgan fingerprint density at radius 3 is 2.50 bits per heavy atom. The summed E-state index contributed by atoms with van der Waals surface area (Å²) in [5.74, 6) is 0. The van der Waals surface area contributed by atoms with Gasteiger partial charge in [0.25, 0.3) is 0 Å². The fourth-order valence-corrected chi connectivity index (χ4v) is 2.22. The molecule has 0 atom stereocenters. The zero-order chi connectivity index (χ0) is 13.8. The third kappa shape index (κ3) is 2.39. The highest BCUT2D eigenvalue weighted by molar-refractivity contribution is 5.87. The molecule has 0 aliphatic rings. The quantitative estimate of drug-likeness (QED) is 0.621. The maximum atomic E-state index is 4.28. The van der Waals surface area contributed by atoms with E-state index in [2.05, 4.69) is 41.9 Å². The van der Waals surface area contributed by atoms with E-state index in [0.29, 0.717) is 0 Å². The van der Waals surface area contributed by atoms with Crippen molar-refractivity contribution in [3.63, 3.8) is 0 Å². The third-order valence-electron chi connectivity index (χ3n) is 3.23. The summed E-state index contributed by atoms with van der Waals surface area (Å²) in [6.07, 6.45) is 8.97. The van der Waals surface area contributed by atoms with Gasteiger partial charge in [0.1, 0.15) is 0 Å². The van der Waals surface area contributed by atoms with Crippen LogP contribution >= 0.6 is 0 Å². The average Bonchev–Trinajstić information content (AvgIpc) is 2.53. The molecule has 20 heavy (non-hydrogen) atoms. The van der Waals surface area contributed by atoms with Crippen molar-refractivity contribution in [2.75, 3.05) is 0 Å². The largest absolute Gasteiger partial charge is 0.263 e. The summed E-state index contributed by atoms with van der Waals surface area (Å²) in [4.78, 5) is 4.28. The van der Waals surface area contributed by atoms with E-state index in [1.807, 2.05) is 48.8 Å².